The van der Waals surface area contributed by atoms with Crippen LogP contribution < -0.4 is 4.90 Å². The number of anilines is 1. The number of unbranched alkanes of at least 4 members (excludes halogenated alkanes) is 1. The lowest BCUT2D eigenvalue weighted by molar-refractivity contribution is -0.107. The molecule has 148 valence electrons. The maximum Gasteiger partial charge on any atom is 0.151 e. The first kappa shape index (κ1) is 19.3. The van der Waals surface area contributed by atoms with E-state index in [2.05, 4.69) is 67.3 Å². The highest BCUT2D eigenvalue weighted by atomic mass is 16.1. The predicted molar refractivity (Wildman–Crippen MR) is 118 cm³/mol. The van der Waals surface area contributed by atoms with Gasteiger partial charge in [-0.1, -0.05) is 59.7 Å². The van der Waals surface area contributed by atoms with Gasteiger partial charge in [0.05, 0.1) is 17.1 Å². The van der Waals surface area contributed by atoms with Crippen molar-refractivity contribution in [1.82, 2.24) is 9.97 Å². The molecule has 29 heavy (non-hydrogen) atoms. The summed E-state index contributed by atoms with van der Waals surface area (Å²) in [5, 5.41) is 0. The molecule has 0 amide bonds. The predicted octanol–water partition coefficient (Wildman–Crippen LogP) is 5.16. The first-order valence-corrected chi connectivity index (χ1v) is 10.4. The third-order valence-electron chi connectivity index (χ3n) is 5.49. The van der Waals surface area contributed by atoms with E-state index in [4.69, 9.17) is 9.97 Å². The molecule has 1 aliphatic rings. The lowest BCUT2D eigenvalue weighted by Crippen LogP contribution is -2.32. The van der Waals surface area contributed by atoms with E-state index in [1.165, 1.54) is 11.1 Å². The number of hydrogen-bond acceptors (Lipinski definition) is 4. The van der Waals surface area contributed by atoms with Crippen molar-refractivity contribution in [3.05, 3.63) is 65.4 Å². The molecule has 2 aromatic carbocycles. The molecule has 1 aliphatic heterocycles. The molecule has 2 heterocycles. The fraction of sp³-hybridized carbons (Fsp3) is 0.320. The molecule has 1 aromatic heterocycles. The summed E-state index contributed by atoms with van der Waals surface area (Å²) in [7, 11) is 0. The van der Waals surface area contributed by atoms with Gasteiger partial charge in [-0.15, -0.1) is 0 Å². The third-order valence-corrected chi connectivity index (χ3v) is 5.49. The van der Waals surface area contributed by atoms with E-state index in [1.54, 1.807) is 0 Å². The summed E-state index contributed by atoms with van der Waals surface area (Å²) < 4.78 is 0. The number of hydrogen-bond donors (Lipinski definition) is 0. The Morgan fingerprint density at radius 2 is 1.48 bits per heavy atom. The molecule has 0 spiro atoms. The molecule has 0 saturated carbocycles. The van der Waals surface area contributed by atoms with Crippen molar-refractivity contribution in [3.63, 3.8) is 0 Å². The third kappa shape index (κ3) is 4.21. The van der Waals surface area contributed by atoms with Crippen LogP contribution in [-0.4, -0.2) is 29.3 Å². The SMILES string of the molecule is Cc1ccc(-c2nc3c(nc2-c2ccc(C)cc2)N(CCCC=O)CCC3)cc1. The quantitative estimate of drug-likeness (QED) is 0.434. The number of fused-ring (bicyclic) bond motifs is 1. The Labute approximate surface area is 172 Å². The topological polar surface area (TPSA) is 46.1 Å². The van der Waals surface area contributed by atoms with Gasteiger partial charge in [0, 0.05) is 30.6 Å². The van der Waals surface area contributed by atoms with Gasteiger partial charge in [0.25, 0.3) is 0 Å². The second-order valence-corrected chi connectivity index (χ2v) is 7.82. The molecule has 0 N–H and O–H groups in total. The van der Waals surface area contributed by atoms with Crippen LogP contribution in [0.3, 0.4) is 0 Å². The monoisotopic (exact) mass is 385 g/mol. The van der Waals surface area contributed by atoms with Crippen molar-refractivity contribution in [2.24, 2.45) is 0 Å². The summed E-state index contributed by atoms with van der Waals surface area (Å²) in [4.78, 5) is 23.3. The largest absolute Gasteiger partial charge is 0.355 e. The zero-order valence-electron chi connectivity index (χ0n) is 17.2. The second-order valence-electron chi connectivity index (χ2n) is 7.82. The van der Waals surface area contributed by atoms with Crippen LogP contribution in [0.1, 0.15) is 36.1 Å². The lowest BCUT2D eigenvalue weighted by atomic mass is 10.0. The molecule has 0 fully saturated rings. The average molecular weight is 386 g/mol. The van der Waals surface area contributed by atoms with Gasteiger partial charge < -0.3 is 9.69 Å². The summed E-state index contributed by atoms with van der Waals surface area (Å²) >= 11 is 0. The fourth-order valence-corrected chi connectivity index (χ4v) is 3.83. The van der Waals surface area contributed by atoms with Crippen LogP contribution in [0.25, 0.3) is 22.5 Å². The minimum atomic E-state index is 0.589. The number of nitrogens with zero attached hydrogens (tertiary/aromatic N) is 3. The number of aldehydes is 1. The van der Waals surface area contributed by atoms with E-state index >= 15 is 0 Å². The molecule has 4 nitrogen and oxygen atoms in total. The first-order valence-electron chi connectivity index (χ1n) is 10.4. The first-order chi connectivity index (χ1) is 14.2. The van der Waals surface area contributed by atoms with Gasteiger partial charge in [0.1, 0.15) is 6.29 Å². The Kier molecular flexibility index (Phi) is 5.70. The number of carbonyl (C=O) groups excluding carboxylic acids is 1. The van der Waals surface area contributed by atoms with Crippen molar-refractivity contribution in [1.29, 1.82) is 0 Å². The van der Waals surface area contributed by atoms with Crippen LogP contribution in [0.5, 0.6) is 0 Å². The minimum absolute atomic E-state index is 0.589. The molecule has 0 radical (unpaired) electrons. The van der Waals surface area contributed by atoms with Gasteiger partial charge in [-0.3, -0.25) is 0 Å². The van der Waals surface area contributed by atoms with Gasteiger partial charge in [0.2, 0.25) is 0 Å². The van der Waals surface area contributed by atoms with E-state index in [1.807, 2.05) is 0 Å². The van der Waals surface area contributed by atoms with E-state index in [0.717, 1.165) is 72.7 Å². The van der Waals surface area contributed by atoms with Crippen LogP contribution in [-0.2, 0) is 11.2 Å². The molecule has 4 rings (SSSR count). The smallest absolute Gasteiger partial charge is 0.151 e. The Bertz CT molecular complexity index is 994. The van der Waals surface area contributed by atoms with Crippen molar-refractivity contribution < 1.29 is 4.79 Å². The molecule has 0 unspecified atom stereocenters. The normalized spacial score (nSPS) is 13.2. The number of aromatic nitrogens is 2. The minimum Gasteiger partial charge on any atom is -0.355 e. The van der Waals surface area contributed by atoms with E-state index < -0.39 is 0 Å². The molecular weight excluding hydrogens is 358 g/mol. The van der Waals surface area contributed by atoms with Gasteiger partial charge in [-0.05, 0) is 33.1 Å². The van der Waals surface area contributed by atoms with Crippen molar-refractivity contribution in [2.75, 3.05) is 18.0 Å². The summed E-state index contributed by atoms with van der Waals surface area (Å²) in [5.41, 5.74) is 7.58. The number of aryl methyl sites for hydroxylation is 3. The average Bonchev–Trinajstić information content (AvgIpc) is 2.74. The maximum absolute atomic E-state index is 10.7. The zero-order valence-corrected chi connectivity index (χ0v) is 17.2. The van der Waals surface area contributed by atoms with Crippen LogP contribution >= 0.6 is 0 Å². The van der Waals surface area contributed by atoms with Gasteiger partial charge in [0.15, 0.2) is 5.82 Å². The maximum atomic E-state index is 10.7. The number of carbonyl (C=O) groups is 1. The Morgan fingerprint density at radius 1 is 0.897 bits per heavy atom. The van der Waals surface area contributed by atoms with E-state index in [0.29, 0.717) is 6.42 Å². The Balaban J connectivity index is 1.83. The summed E-state index contributed by atoms with van der Waals surface area (Å²) in [6.07, 6.45) is 4.45. The summed E-state index contributed by atoms with van der Waals surface area (Å²) in [6, 6.07) is 17.0. The molecule has 0 saturated heterocycles. The van der Waals surface area contributed by atoms with Crippen molar-refractivity contribution >= 4 is 12.1 Å². The zero-order chi connectivity index (χ0) is 20.2. The highest BCUT2D eigenvalue weighted by molar-refractivity contribution is 5.79. The lowest BCUT2D eigenvalue weighted by Gasteiger charge is -2.30. The molecular formula is C25H27N3O. The molecule has 0 aliphatic carbocycles. The number of benzene rings is 2. The van der Waals surface area contributed by atoms with Crippen molar-refractivity contribution in [3.8, 4) is 22.5 Å². The molecule has 0 bridgehead atoms. The summed E-state index contributed by atoms with van der Waals surface area (Å²) in [6.45, 7) is 6.01. The van der Waals surface area contributed by atoms with Gasteiger partial charge in [-0.25, -0.2) is 9.97 Å². The molecule has 3 aromatic rings. The van der Waals surface area contributed by atoms with Gasteiger partial charge >= 0.3 is 0 Å². The molecule has 0 atom stereocenters. The standard InChI is InChI=1S/C25H27N3O/c1-18-7-11-20(12-8-18)23-24(21-13-9-19(2)10-14-21)27-25-22(26-23)6-5-16-28(25)15-3-4-17-29/h7-14,17H,3-6,15-16H2,1-2H3. The summed E-state index contributed by atoms with van der Waals surface area (Å²) in [5.74, 6) is 0.980. The fourth-order valence-electron chi connectivity index (χ4n) is 3.83. The van der Waals surface area contributed by atoms with Crippen LogP contribution in [0.4, 0.5) is 5.82 Å². The highest BCUT2D eigenvalue weighted by Crippen LogP contribution is 2.34. The van der Waals surface area contributed by atoms with Crippen LogP contribution in [0, 0.1) is 13.8 Å². The van der Waals surface area contributed by atoms with Crippen LogP contribution in [0.2, 0.25) is 0 Å². The second kappa shape index (κ2) is 8.56. The van der Waals surface area contributed by atoms with E-state index in [9.17, 15) is 4.79 Å². The number of rotatable bonds is 6. The van der Waals surface area contributed by atoms with Gasteiger partial charge in [-0.2, -0.15) is 0 Å². The highest BCUT2D eigenvalue weighted by Gasteiger charge is 2.23. The molecule has 4 heteroatoms. The Morgan fingerprint density at radius 3 is 2.07 bits per heavy atom. The van der Waals surface area contributed by atoms with Crippen molar-refractivity contribution in [2.45, 2.75) is 39.5 Å². The Hall–Kier alpha value is -3.01. The van der Waals surface area contributed by atoms with Crippen LogP contribution in [0.15, 0.2) is 48.5 Å². The van der Waals surface area contributed by atoms with E-state index in [-0.39, 0.29) is 0 Å².